The van der Waals surface area contributed by atoms with Crippen molar-refractivity contribution in [1.29, 1.82) is 0 Å². The van der Waals surface area contributed by atoms with E-state index in [2.05, 4.69) is 19.9 Å². The molecule has 4 rings (SSSR count). The van der Waals surface area contributed by atoms with Crippen LogP contribution in [-0.2, 0) is 11.3 Å². The van der Waals surface area contributed by atoms with Crippen molar-refractivity contribution in [2.24, 2.45) is 5.73 Å². The van der Waals surface area contributed by atoms with Crippen LogP contribution in [0.15, 0.2) is 47.7 Å². The Bertz CT molecular complexity index is 1340. The Hall–Kier alpha value is -3.20. The van der Waals surface area contributed by atoms with Crippen LogP contribution >= 0.6 is 11.6 Å². The van der Waals surface area contributed by atoms with E-state index in [0.717, 1.165) is 22.3 Å². The van der Waals surface area contributed by atoms with Crippen molar-refractivity contribution in [3.05, 3.63) is 69.8 Å². The molecular weight excluding hydrogens is 428 g/mol. The number of rotatable bonds is 7. The third-order valence-electron chi connectivity index (χ3n) is 4.98. The van der Waals surface area contributed by atoms with Crippen LogP contribution < -0.4 is 11.3 Å². The molecule has 0 fully saturated rings. The molecular formula is C23H23ClN6O2. The number of aryl methyl sites for hydroxylation is 2. The van der Waals surface area contributed by atoms with E-state index in [0.29, 0.717) is 53.9 Å². The van der Waals surface area contributed by atoms with Gasteiger partial charge in [0.2, 0.25) is 0 Å². The van der Waals surface area contributed by atoms with Crippen molar-refractivity contribution in [2.75, 3.05) is 19.8 Å². The average Bonchev–Trinajstić information content (AvgIpc) is 2.78. The quantitative estimate of drug-likeness (QED) is 0.430. The molecule has 9 heteroatoms. The van der Waals surface area contributed by atoms with E-state index < -0.39 is 0 Å². The van der Waals surface area contributed by atoms with Gasteiger partial charge in [-0.3, -0.25) is 14.3 Å². The monoisotopic (exact) mass is 450 g/mol. The van der Waals surface area contributed by atoms with Crippen LogP contribution in [0.25, 0.3) is 33.4 Å². The highest BCUT2D eigenvalue weighted by Crippen LogP contribution is 2.31. The van der Waals surface area contributed by atoms with Gasteiger partial charge in [-0.05, 0) is 26.0 Å². The number of pyridine rings is 1. The molecule has 0 saturated carbocycles. The van der Waals surface area contributed by atoms with Crippen LogP contribution in [0.2, 0.25) is 5.02 Å². The van der Waals surface area contributed by atoms with Crippen molar-refractivity contribution in [1.82, 2.24) is 24.5 Å². The van der Waals surface area contributed by atoms with Gasteiger partial charge in [0.15, 0.2) is 0 Å². The van der Waals surface area contributed by atoms with Gasteiger partial charge in [0.25, 0.3) is 5.56 Å². The average molecular weight is 451 g/mol. The van der Waals surface area contributed by atoms with Crippen molar-refractivity contribution in [2.45, 2.75) is 20.4 Å². The molecule has 0 aliphatic heterocycles. The van der Waals surface area contributed by atoms with Gasteiger partial charge in [-0.25, -0.2) is 15.0 Å². The number of benzene rings is 1. The minimum atomic E-state index is -0.197. The molecule has 0 spiro atoms. The van der Waals surface area contributed by atoms with E-state index in [1.54, 1.807) is 42.2 Å². The van der Waals surface area contributed by atoms with Gasteiger partial charge >= 0.3 is 0 Å². The molecule has 3 aromatic heterocycles. The van der Waals surface area contributed by atoms with Gasteiger partial charge in [-0.1, -0.05) is 23.7 Å². The topological polar surface area (TPSA) is 109 Å². The molecule has 0 radical (unpaired) electrons. The molecule has 0 amide bonds. The largest absolute Gasteiger partial charge is 0.378 e. The van der Waals surface area contributed by atoms with Crippen LogP contribution in [0.3, 0.4) is 0 Å². The third kappa shape index (κ3) is 4.52. The highest BCUT2D eigenvalue weighted by molar-refractivity contribution is 6.33. The number of aromatic nitrogens is 5. The van der Waals surface area contributed by atoms with Crippen LogP contribution in [0, 0.1) is 13.8 Å². The van der Waals surface area contributed by atoms with E-state index in [4.69, 9.17) is 22.1 Å². The van der Waals surface area contributed by atoms with Gasteiger partial charge in [0, 0.05) is 46.0 Å². The molecule has 0 aliphatic rings. The number of hydrogen-bond donors (Lipinski definition) is 1. The van der Waals surface area contributed by atoms with Crippen LogP contribution in [0.4, 0.5) is 0 Å². The van der Waals surface area contributed by atoms with Crippen molar-refractivity contribution < 1.29 is 4.74 Å². The number of nitrogens with two attached hydrogens (primary N) is 1. The van der Waals surface area contributed by atoms with Crippen LogP contribution in [-0.4, -0.2) is 44.3 Å². The number of fused-ring (bicyclic) bond motifs is 1. The van der Waals surface area contributed by atoms with E-state index in [1.165, 1.54) is 0 Å². The Morgan fingerprint density at radius 2 is 1.91 bits per heavy atom. The van der Waals surface area contributed by atoms with Gasteiger partial charge in [-0.15, -0.1) is 0 Å². The number of halogens is 1. The Kier molecular flexibility index (Phi) is 6.55. The second kappa shape index (κ2) is 9.52. The molecule has 4 aromatic rings. The summed E-state index contributed by atoms with van der Waals surface area (Å²) in [6, 6.07) is 7.29. The predicted octanol–water partition coefficient (Wildman–Crippen LogP) is 3.16. The molecule has 8 nitrogen and oxygen atoms in total. The summed E-state index contributed by atoms with van der Waals surface area (Å²) in [5.41, 5.74) is 9.30. The lowest BCUT2D eigenvalue weighted by Crippen LogP contribution is -2.26. The molecule has 3 heterocycles. The predicted molar refractivity (Wildman–Crippen MR) is 125 cm³/mol. The second-order valence-corrected chi connectivity index (χ2v) is 7.76. The highest BCUT2D eigenvalue weighted by atomic mass is 35.5. The first-order valence-corrected chi connectivity index (χ1v) is 10.6. The van der Waals surface area contributed by atoms with Crippen molar-refractivity contribution in [3.8, 4) is 22.4 Å². The maximum Gasteiger partial charge on any atom is 0.260 e. The summed E-state index contributed by atoms with van der Waals surface area (Å²) < 4.78 is 7.10. The van der Waals surface area contributed by atoms with Crippen LogP contribution in [0.1, 0.15) is 11.5 Å². The SMILES string of the molecule is Cc1cncc(-c2ccc(-c3cc4cnc(C)nc4n(CCOCCN)c3=O)c(Cl)c2)n1. The highest BCUT2D eigenvalue weighted by Gasteiger charge is 2.16. The number of hydrogen-bond acceptors (Lipinski definition) is 7. The second-order valence-electron chi connectivity index (χ2n) is 7.35. The van der Waals surface area contributed by atoms with E-state index in [1.807, 2.05) is 19.1 Å². The molecule has 1 aromatic carbocycles. The third-order valence-corrected chi connectivity index (χ3v) is 5.29. The zero-order chi connectivity index (χ0) is 22.7. The molecule has 0 unspecified atom stereocenters. The molecule has 2 N–H and O–H groups in total. The lowest BCUT2D eigenvalue weighted by Gasteiger charge is -2.14. The number of nitrogens with zero attached hydrogens (tertiary/aromatic N) is 5. The summed E-state index contributed by atoms with van der Waals surface area (Å²) in [5, 5.41) is 1.19. The first kappa shape index (κ1) is 22.0. The maximum atomic E-state index is 13.5. The first-order valence-electron chi connectivity index (χ1n) is 10.2. The van der Waals surface area contributed by atoms with Crippen molar-refractivity contribution >= 4 is 22.6 Å². The summed E-state index contributed by atoms with van der Waals surface area (Å²) in [7, 11) is 0. The van der Waals surface area contributed by atoms with E-state index in [9.17, 15) is 4.79 Å². The normalized spacial score (nSPS) is 11.2. The summed E-state index contributed by atoms with van der Waals surface area (Å²) in [6.45, 7) is 5.20. The molecule has 0 bridgehead atoms. The first-order chi connectivity index (χ1) is 15.5. The molecule has 0 saturated heterocycles. The molecule has 164 valence electrons. The zero-order valence-corrected chi connectivity index (χ0v) is 18.6. The fraction of sp³-hybridized carbons (Fsp3) is 0.261. The van der Waals surface area contributed by atoms with Crippen LogP contribution in [0.5, 0.6) is 0 Å². The molecule has 0 atom stereocenters. The Morgan fingerprint density at radius 1 is 1.06 bits per heavy atom. The fourth-order valence-corrected chi connectivity index (χ4v) is 3.76. The number of ether oxygens (including phenoxy) is 1. The van der Waals surface area contributed by atoms with E-state index in [-0.39, 0.29) is 5.56 Å². The Labute approximate surface area is 190 Å². The smallest absolute Gasteiger partial charge is 0.260 e. The summed E-state index contributed by atoms with van der Waals surface area (Å²) in [4.78, 5) is 30.9. The van der Waals surface area contributed by atoms with Gasteiger partial charge in [0.1, 0.15) is 11.5 Å². The van der Waals surface area contributed by atoms with Gasteiger partial charge < -0.3 is 10.5 Å². The van der Waals surface area contributed by atoms with Crippen molar-refractivity contribution in [3.63, 3.8) is 0 Å². The molecule has 32 heavy (non-hydrogen) atoms. The Morgan fingerprint density at radius 3 is 2.66 bits per heavy atom. The standard InChI is InChI=1S/C23H23ClN6O2/c1-14-11-26-13-21(28-14)16-3-4-18(20(24)10-16)19-9-17-12-27-15(2)29-22(17)30(23(19)31)6-8-32-7-5-25/h3-4,9-13H,5-8,25H2,1-2H3. The van der Waals surface area contributed by atoms with Gasteiger partial charge in [-0.2, -0.15) is 0 Å². The minimum Gasteiger partial charge on any atom is -0.378 e. The van der Waals surface area contributed by atoms with Gasteiger partial charge in [0.05, 0.1) is 37.3 Å². The summed E-state index contributed by atoms with van der Waals surface area (Å²) in [6.07, 6.45) is 5.09. The lowest BCUT2D eigenvalue weighted by atomic mass is 10.0. The summed E-state index contributed by atoms with van der Waals surface area (Å²) >= 11 is 6.63. The zero-order valence-electron chi connectivity index (χ0n) is 17.9. The summed E-state index contributed by atoms with van der Waals surface area (Å²) in [5.74, 6) is 0.586. The maximum absolute atomic E-state index is 13.5. The Balaban J connectivity index is 1.81. The van der Waals surface area contributed by atoms with E-state index >= 15 is 0 Å². The molecule has 0 aliphatic carbocycles. The lowest BCUT2D eigenvalue weighted by molar-refractivity contribution is 0.133. The minimum absolute atomic E-state index is 0.197. The fourth-order valence-electron chi connectivity index (χ4n) is 3.48.